The molecule has 1 fully saturated rings. The van der Waals surface area contributed by atoms with Crippen LogP contribution in [-0.4, -0.2) is 65.6 Å². The molecule has 110 valence electrons. The quantitative estimate of drug-likeness (QED) is 0.759. The fraction of sp³-hybridized carbons (Fsp3) is 0.800. The molecule has 2 N–H and O–H groups in total. The molecule has 1 atom stereocenters. The van der Waals surface area contributed by atoms with E-state index in [9.17, 15) is 18.0 Å². The van der Waals surface area contributed by atoms with Crippen LogP contribution in [0.1, 0.15) is 13.8 Å². The van der Waals surface area contributed by atoms with Gasteiger partial charge in [-0.15, -0.1) is 0 Å². The smallest absolute Gasteiger partial charge is 0.328 e. The Balaban J connectivity index is 2.88. The van der Waals surface area contributed by atoms with E-state index in [1.807, 2.05) is 0 Å². The predicted octanol–water partition coefficient (Wildman–Crippen LogP) is -0.0213. The summed E-state index contributed by atoms with van der Waals surface area (Å²) >= 11 is 1.46. The van der Waals surface area contributed by atoms with Crippen molar-refractivity contribution >= 4 is 33.6 Å². The summed E-state index contributed by atoms with van der Waals surface area (Å²) in [5.74, 6) is -0.240. The monoisotopic (exact) mass is 310 g/mol. The summed E-state index contributed by atoms with van der Waals surface area (Å²) in [7, 11) is -3.40. The molecular formula is C10H18N2O5S2. The Morgan fingerprint density at radius 1 is 1.42 bits per heavy atom. The number of hydrogen-bond acceptors (Lipinski definition) is 5. The molecule has 0 radical (unpaired) electrons. The molecule has 0 aromatic rings. The van der Waals surface area contributed by atoms with Crippen LogP contribution in [0.2, 0.25) is 0 Å². The molecule has 2 amide bonds. The maximum absolute atomic E-state index is 12.1. The zero-order chi connectivity index (χ0) is 14.8. The van der Waals surface area contributed by atoms with E-state index in [-0.39, 0.29) is 6.54 Å². The molecule has 0 spiro atoms. The van der Waals surface area contributed by atoms with Gasteiger partial charge in [0, 0.05) is 24.3 Å². The third-order valence-electron chi connectivity index (χ3n) is 2.79. The third-order valence-corrected chi connectivity index (χ3v) is 5.44. The second kappa shape index (κ2) is 5.58. The summed E-state index contributed by atoms with van der Waals surface area (Å²) in [6.45, 7) is 2.98. The fourth-order valence-electron chi connectivity index (χ4n) is 1.56. The first-order chi connectivity index (χ1) is 8.55. The van der Waals surface area contributed by atoms with Crippen molar-refractivity contribution in [3.8, 4) is 0 Å². The fourth-order valence-corrected chi connectivity index (χ4v) is 4.38. The van der Waals surface area contributed by atoms with E-state index < -0.39 is 32.8 Å². The molecule has 1 aliphatic rings. The molecule has 0 aliphatic carbocycles. The van der Waals surface area contributed by atoms with Crippen molar-refractivity contribution in [3.63, 3.8) is 0 Å². The zero-order valence-electron chi connectivity index (χ0n) is 11.0. The number of carboxylic acid groups (broad SMARTS) is 1. The van der Waals surface area contributed by atoms with Gasteiger partial charge in [0.05, 0.1) is 0 Å². The largest absolute Gasteiger partial charge is 0.480 e. The lowest BCUT2D eigenvalue weighted by atomic mass is 10.1. The van der Waals surface area contributed by atoms with Crippen LogP contribution in [0.4, 0.5) is 4.79 Å². The van der Waals surface area contributed by atoms with E-state index in [1.54, 1.807) is 0 Å². The average molecular weight is 310 g/mol. The van der Waals surface area contributed by atoms with Gasteiger partial charge in [0.1, 0.15) is 10.9 Å². The number of hydrogen-bond donors (Lipinski definition) is 2. The van der Waals surface area contributed by atoms with E-state index >= 15 is 0 Å². The Labute approximate surface area is 116 Å². The Bertz CT molecular complexity index is 474. The number of carboxylic acids is 1. The van der Waals surface area contributed by atoms with E-state index in [0.717, 1.165) is 6.26 Å². The van der Waals surface area contributed by atoms with Crippen molar-refractivity contribution in [1.82, 2.24) is 10.2 Å². The van der Waals surface area contributed by atoms with Gasteiger partial charge >= 0.3 is 12.0 Å². The van der Waals surface area contributed by atoms with Crippen LogP contribution < -0.4 is 5.32 Å². The first kappa shape index (κ1) is 16.1. The predicted molar refractivity (Wildman–Crippen MR) is 72.9 cm³/mol. The lowest BCUT2D eigenvalue weighted by Crippen LogP contribution is -2.59. The van der Waals surface area contributed by atoms with E-state index in [0.29, 0.717) is 11.5 Å². The van der Waals surface area contributed by atoms with Crippen molar-refractivity contribution in [2.45, 2.75) is 24.8 Å². The van der Waals surface area contributed by atoms with Crippen LogP contribution in [0.5, 0.6) is 0 Å². The van der Waals surface area contributed by atoms with E-state index in [2.05, 4.69) is 5.32 Å². The molecule has 1 saturated heterocycles. The van der Waals surface area contributed by atoms with Gasteiger partial charge in [0.15, 0.2) is 9.84 Å². The first-order valence-corrected chi connectivity index (χ1v) is 8.75. The van der Waals surface area contributed by atoms with Gasteiger partial charge in [-0.25, -0.2) is 18.0 Å². The molecule has 1 unspecified atom stereocenters. The van der Waals surface area contributed by atoms with Gasteiger partial charge in [0.2, 0.25) is 0 Å². The van der Waals surface area contributed by atoms with Gasteiger partial charge in [-0.3, -0.25) is 0 Å². The van der Waals surface area contributed by atoms with Crippen molar-refractivity contribution in [2.24, 2.45) is 0 Å². The highest BCUT2D eigenvalue weighted by Gasteiger charge is 2.37. The van der Waals surface area contributed by atoms with Crippen LogP contribution in [0.25, 0.3) is 0 Å². The molecule has 0 aromatic carbocycles. The zero-order valence-corrected chi connectivity index (χ0v) is 12.7. The molecule has 1 heterocycles. The average Bonchev–Trinajstić information content (AvgIpc) is 2.27. The first-order valence-electron chi connectivity index (χ1n) is 5.64. The van der Waals surface area contributed by atoms with Crippen LogP contribution in [0.15, 0.2) is 0 Å². The molecular weight excluding hydrogens is 292 g/mol. The number of rotatable bonds is 3. The van der Waals surface area contributed by atoms with Gasteiger partial charge in [-0.1, -0.05) is 0 Å². The van der Waals surface area contributed by atoms with Gasteiger partial charge in [-0.05, 0) is 13.8 Å². The summed E-state index contributed by atoms with van der Waals surface area (Å²) < 4.78 is 23.3. The second-order valence-corrected chi connectivity index (χ2v) is 8.27. The Morgan fingerprint density at radius 3 is 2.47 bits per heavy atom. The van der Waals surface area contributed by atoms with Crippen molar-refractivity contribution < 1.29 is 23.1 Å². The maximum atomic E-state index is 12.1. The summed E-state index contributed by atoms with van der Waals surface area (Å²) in [6, 6.07) is -0.664. The SMILES string of the molecule is CC(C)(NC(=O)N1CCSCC1S(C)(=O)=O)C(=O)O. The van der Waals surface area contributed by atoms with Gasteiger partial charge < -0.3 is 15.3 Å². The maximum Gasteiger partial charge on any atom is 0.328 e. The highest BCUT2D eigenvalue weighted by Crippen LogP contribution is 2.20. The van der Waals surface area contributed by atoms with Crippen LogP contribution in [0.3, 0.4) is 0 Å². The lowest BCUT2D eigenvalue weighted by Gasteiger charge is -2.35. The summed E-state index contributed by atoms with van der Waals surface area (Å²) in [6.07, 6.45) is 1.08. The minimum Gasteiger partial charge on any atom is -0.480 e. The molecule has 1 aliphatic heterocycles. The molecule has 0 bridgehead atoms. The lowest BCUT2D eigenvalue weighted by molar-refractivity contribution is -0.143. The molecule has 0 saturated carbocycles. The number of nitrogens with zero attached hydrogens (tertiary/aromatic N) is 1. The summed E-state index contributed by atoms with van der Waals surface area (Å²) in [4.78, 5) is 24.2. The number of urea groups is 1. The minimum atomic E-state index is -3.40. The summed E-state index contributed by atoms with van der Waals surface area (Å²) in [5, 5.41) is 10.4. The summed E-state index contributed by atoms with van der Waals surface area (Å²) in [5.41, 5.74) is -1.44. The number of thioether (sulfide) groups is 1. The third kappa shape index (κ3) is 4.00. The highest BCUT2D eigenvalue weighted by atomic mass is 32.2. The van der Waals surface area contributed by atoms with E-state index in [1.165, 1.54) is 30.5 Å². The topological polar surface area (TPSA) is 104 Å². The molecule has 7 nitrogen and oxygen atoms in total. The number of aliphatic carboxylic acids is 1. The molecule has 1 rings (SSSR count). The van der Waals surface area contributed by atoms with Gasteiger partial charge in [-0.2, -0.15) is 11.8 Å². The number of nitrogens with one attached hydrogen (secondary N) is 1. The van der Waals surface area contributed by atoms with E-state index in [4.69, 9.17) is 5.11 Å². The minimum absolute atomic E-state index is 0.282. The number of amides is 2. The van der Waals surface area contributed by atoms with Crippen molar-refractivity contribution in [1.29, 1.82) is 0 Å². The highest BCUT2D eigenvalue weighted by molar-refractivity contribution is 8.00. The number of carbonyl (C=O) groups is 2. The Morgan fingerprint density at radius 2 is 2.00 bits per heavy atom. The van der Waals surface area contributed by atoms with Crippen LogP contribution in [0, 0.1) is 0 Å². The van der Waals surface area contributed by atoms with Crippen LogP contribution >= 0.6 is 11.8 Å². The standard InChI is InChI=1S/C10H18N2O5S2/c1-10(2,8(13)14)11-9(15)12-4-5-18-6-7(12)19(3,16)17/h7H,4-6H2,1-3H3,(H,11,15)(H,13,14). The van der Waals surface area contributed by atoms with Crippen LogP contribution in [-0.2, 0) is 14.6 Å². The van der Waals surface area contributed by atoms with Crippen molar-refractivity contribution in [3.05, 3.63) is 0 Å². The van der Waals surface area contributed by atoms with Gasteiger partial charge in [0.25, 0.3) is 0 Å². The normalized spacial score (nSPS) is 21.0. The second-order valence-electron chi connectivity index (χ2n) is 4.91. The Kier molecular flexibility index (Phi) is 4.72. The molecule has 0 aromatic heterocycles. The number of sulfone groups is 1. The van der Waals surface area contributed by atoms with Crippen molar-refractivity contribution in [2.75, 3.05) is 24.3 Å². The molecule has 19 heavy (non-hydrogen) atoms. The molecule has 9 heteroatoms. The number of carbonyl (C=O) groups excluding carboxylic acids is 1. The Hall–Kier alpha value is -0.960.